The number of carbonyl (C=O) groups is 1. The van der Waals surface area contributed by atoms with Crippen LogP contribution < -0.4 is 11.1 Å². The Bertz CT molecular complexity index is 445. The molecule has 1 saturated heterocycles. The van der Waals surface area contributed by atoms with Crippen LogP contribution in [0.3, 0.4) is 0 Å². The van der Waals surface area contributed by atoms with E-state index in [1.165, 1.54) is 6.92 Å². The van der Waals surface area contributed by atoms with Crippen molar-refractivity contribution in [3.05, 3.63) is 23.8 Å². The Kier molecular flexibility index (Phi) is 3.87. The average Bonchev–Trinajstić information content (AvgIpc) is 2.72. The van der Waals surface area contributed by atoms with Gasteiger partial charge in [-0.25, -0.2) is 0 Å². The van der Waals surface area contributed by atoms with Gasteiger partial charge < -0.3 is 15.8 Å². The maximum absolute atomic E-state index is 11.3. The highest BCUT2D eigenvalue weighted by atomic mass is 16.5. The molecule has 4 nitrogen and oxygen atoms in total. The van der Waals surface area contributed by atoms with Gasteiger partial charge in [0.05, 0.1) is 6.10 Å². The molecule has 0 saturated carbocycles. The van der Waals surface area contributed by atoms with Gasteiger partial charge in [-0.05, 0) is 38.5 Å². The van der Waals surface area contributed by atoms with Crippen LogP contribution in [-0.2, 0) is 4.74 Å². The number of hydrogen-bond acceptors (Lipinski definition) is 4. The zero-order chi connectivity index (χ0) is 13.1. The molecule has 1 aromatic carbocycles. The van der Waals surface area contributed by atoms with E-state index in [1.54, 1.807) is 6.07 Å². The van der Waals surface area contributed by atoms with E-state index >= 15 is 0 Å². The van der Waals surface area contributed by atoms with Gasteiger partial charge in [0.15, 0.2) is 5.78 Å². The van der Waals surface area contributed by atoms with Crippen molar-refractivity contribution in [1.82, 2.24) is 0 Å². The molecule has 0 amide bonds. The molecule has 1 aliphatic heterocycles. The second-order valence-electron chi connectivity index (χ2n) is 4.86. The minimum Gasteiger partial charge on any atom is -0.398 e. The highest BCUT2D eigenvalue weighted by molar-refractivity contribution is 5.99. The molecule has 3 N–H and O–H groups in total. The Labute approximate surface area is 108 Å². The summed E-state index contributed by atoms with van der Waals surface area (Å²) in [6.07, 6.45) is 1.40. The van der Waals surface area contributed by atoms with Crippen molar-refractivity contribution in [2.75, 3.05) is 24.2 Å². The first-order valence-electron chi connectivity index (χ1n) is 6.34. The third-order valence-corrected chi connectivity index (χ3v) is 3.53. The van der Waals surface area contributed by atoms with Crippen molar-refractivity contribution in [3.63, 3.8) is 0 Å². The predicted molar refractivity (Wildman–Crippen MR) is 72.9 cm³/mol. The highest BCUT2D eigenvalue weighted by Crippen LogP contribution is 2.23. The van der Waals surface area contributed by atoms with Crippen LogP contribution in [0.25, 0.3) is 0 Å². The summed E-state index contributed by atoms with van der Waals surface area (Å²) in [5.74, 6) is 0.538. The van der Waals surface area contributed by atoms with Gasteiger partial charge in [0.1, 0.15) is 0 Å². The van der Waals surface area contributed by atoms with Crippen molar-refractivity contribution in [3.8, 4) is 0 Å². The number of nitrogens with two attached hydrogens (primary N) is 1. The molecule has 0 bridgehead atoms. The van der Waals surface area contributed by atoms with Crippen molar-refractivity contribution in [2.45, 2.75) is 26.4 Å². The van der Waals surface area contributed by atoms with Crippen LogP contribution in [0.15, 0.2) is 18.2 Å². The SMILES string of the molecule is CC(=O)c1ccc(NCC2CCOC2C)cc1N. The lowest BCUT2D eigenvalue weighted by Crippen LogP contribution is -2.20. The fourth-order valence-electron chi connectivity index (χ4n) is 2.29. The van der Waals surface area contributed by atoms with Gasteiger partial charge in [0.25, 0.3) is 0 Å². The van der Waals surface area contributed by atoms with E-state index in [0.717, 1.165) is 25.3 Å². The smallest absolute Gasteiger partial charge is 0.161 e. The Morgan fingerprint density at radius 3 is 2.89 bits per heavy atom. The summed E-state index contributed by atoms with van der Waals surface area (Å²) in [5.41, 5.74) is 7.92. The molecular formula is C14H20N2O2. The largest absolute Gasteiger partial charge is 0.398 e. The molecule has 1 heterocycles. The third-order valence-electron chi connectivity index (χ3n) is 3.53. The minimum absolute atomic E-state index is 0.00290. The maximum Gasteiger partial charge on any atom is 0.161 e. The lowest BCUT2D eigenvalue weighted by atomic mass is 10.0. The second-order valence-corrected chi connectivity index (χ2v) is 4.86. The zero-order valence-electron chi connectivity index (χ0n) is 10.9. The number of ether oxygens (including phenoxy) is 1. The first kappa shape index (κ1) is 12.9. The number of carbonyl (C=O) groups excluding carboxylic acids is 1. The number of ketones is 1. The Balaban J connectivity index is 1.98. The van der Waals surface area contributed by atoms with Crippen LogP contribution in [-0.4, -0.2) is 25.0 Å². The van der Waals surface area contributed by atoms with Crippen LogP contribution in [0.1, 0.15) is 30.6 Å². The van der Waals surface area contributed by atoms with Gasteiger partial charge in [0, 0.05) is 36.0 Å². The summed E-state index contributed by atoms with van der Waals surface area (Å²) in [6, 6.07) is 5.49. The molecular weight excluding hydrogens is 228 g/mol. The van der Waals surface area contributed by atoms with E-state index in [2.05, 4.69) is 12.2 Å². The predicted octanol–water partition coefficient (Wildman–Crippen LogP) is 2.31. The summed E-state index contributed by atoms with van der Waals surface area (Å²) in [7, 11) is 0. The first-order chi connectivity index (χ1) is 8.58. The van der Waals surface area contributed by atoms with Crippen LogP contribution in [0.4, 0.5) is 11.4 Å². The molecule has 0 radical (unpaired) electrons. The summed E-state index contributed by atoms with van der Waals surface area (Å²) in [4.78, 5) is 11.3. The summed E-state index contributed by atoms with van der Waals surface area (Å²) < 4.78 is 5.52. The van der Waals surface area contributed by atoms with Crippen LogP contribution >= 0.6 is 0 Å². The van der Waals surface area contributed by atoms with E-state index in [9.17, 15) is 4.79 Å². The summed E-state index contributed by atoms with van der Waals surface area (Å²) in [6.45, 7) is 5.35. The first-order valence-corrected chi connectivity index (χ1v) is 6.34. The molecule has 2 rings (SSSR count). The van der Waals surface area contributed by atoms with Gasteiger partial charge in [-0.15, -0.1) is 0 Å². The van der Waals surface area contributed by atoms with Gasteiger partial charge in [-0.2, -0.15) is 0 Å². The molecule has 2 atom stereocenters. The van der Waals surface area contributed by atoms with Gasteiger partial charge in [0.2, 0.25) is 0 Å². The molecule has 0 aromatic heterocycles. The number of benzene rings is 1. The fraction of sp³-hybridized carbons (Fsp3) is 0.500. The lowest BCUT2D eigenvalue weighted by molar-refractivity contribution is 0.101. The van der Waals surface area contributed by atoms with E-state index in [0.29, 0.717) is 23.3 Å². The normalized spacial score (nSPS) is 23.0. The van der Waals surface area contributed by atoms with E-state index < -0.39 is 0 Å². The van der Waals surface area contributed by atoms with Crippen molar-refractivity contribution >= 4 is 17.2 Å². The van der Waals surface area contributed by atoms with E-state index in [4.69, 9.17) is 10.5 Å². The average molecular weight is 248 g/mol. The Morgan fingerprint density at radius 2 is 2.33 bits per heavy atom. The third kappa shape index (κ3) is 2.82. The number of hydrogen-bond donors (Lipinski definition) is 2. The quantitative estimate of drug-likeness (QED) is 0.634. The van der Waals surface area contributed by atoms with Crippen LogP contribution in [0.2, 0.25) is 0 Å². The molecule has 98 valence electrons. The van der Waals surface area contributed by atoms with Crippen molar-refractivity contribution in [1.29, 1.82) is 0 Å². The summed E-state index contributed by atoms with van der Waals surface area (Å²) in [5, 5.41) is 3.35. The minimum atomic E-state index is -0.00290. The molecule has 0 spiro atoms. The van der Waals surface area contributed by atoms with Crippen LogP contribution in [0.5, 0.6) is 0 Å². The van der Waals surface area contributed by atoms with Gasteiger partial charge in [-0.1, -0.05) is 0 Å². The number of rotatable bonds is 4. The number of nitrogen functional groups attached to an aromatic ring is 1. The second kappa shape index (κ2) is 5.40. The topological polar surface area (TPSA) is 64.3 Å². The molecule has 1 aliphatic rings. The Morgan fingerprint density at radius 1 is 1.56 bits per heavy atom. The molecule has 18 heavy (non-hydrogen) atoms. The zero-order valence-corrected chi connectivity index (χ0v) is 10.9. The van der Waals surface area contributed by atoms with E-state index in [-0.39, 0.29) is 5.78 Å². The standard InChI is InChI=1S/C14H20N2O2/c1-9(17)13-4-3-12(7-14(13)15)16-8-11-5-6-18-10(11)2/h3-4,7,10-11,16H,5-6,8,15H2,1-2H3. The van der Waals surface area contributed by atoms with E-state index in [1.807, 2.05) is 12.1 Å². The van der Waals surface area contributed by atoms with Gasteiger partial charge >= 0.3 is 0 Å². The molecule has 1 fully saturated rings. The van der Waals surface area contributed by atoms with Gasteiger partial charge in [-0.3, -0.25) is 4.79 Å². The maximum atomic E-state index is 11.3. The molecule has 2 unspecified atom stereocenters. The van der Waals surface area contributed by atoms with Crippen LogP contribution in [0, 0.1) is 5.92 Å². The molecule has 4 heteroatoms. The number of nitrogens with one attached hydrogen (secondary N) is 1. The molecule has 0 aliphatic carbocycles. The van der Waals surface area contributed by atoms with Crippen molar-refractivity contribution in [2.24, 2.45) is 5.92 Å². The molecule has 1 aromatic rings. The fourth-order valence-corrected chi connectivity index (χ4v) is 2.29. The number of anilines is 2. The van der Waals surface area contributed by atoms with Crippen molar-refractivity contribution < 1.29 is 9.53 Å². The monoisotopic (exact) mass is 248 g/mol. The highest BCUT2D eigenvalue weighted by Gasteiger charge is 2.23. The summed E-state index contributed by atoms with van der Waals surface area (Å²) >= 11 is 0. The number of Topliss-reactive ketones (excluding diaryl/α,β-unsaturated/α-hetero) is 1. The lowest BCUT2D eigenvalue weighted by Gasteiger charge is -2.16. The Hall–Kier alpha value is -1.55.